The normalized spacial score (nSPS) is 35.3. The van der Waals surface area contributed by atoms with Crippen LogP contribution in [0.15, 0.2) is 10.4 Å². The Bertz CT molecular complexity index is 702. The van der Waals surface area contributed by atoms with Crippen LogP contribution in [0.4, 0.5) is 0 Å². The molecule has 4 heteroatoms. The van der Waals surface area contributed by atoms with Crippen LogP contribution in [0.25, 0.3) is 0 Å². The van der Waals surface area contributed by atoms with Crippen molar-refractivity contribution in [2.24, 2.45) is 22.7 Å². The van der Waals surface area contributed by atoms with Gasteiger partial charge in [0.2, 0.25) is 0 Å². The van der Waals surface area contributed by atoms with Gasteiger partial charge in [-0.3, -0.25) is 4.99 Å². The summed E-state index contributed by atoms with van der Waals surface area (Å²) >= 11 is 1.92. The molecule has 5 aliphatic rings. The van der Waals surface area contributed by atoms with Gasteiger partial charge in [-0.2, -0.15) is 0 Å². The van der Waals surface area contributed by atoms with Gasteiger partial charge in [-0.1, -0.05) is 32.6 Å². The van der Waals surface area contributed by atoms with Crippen LogP contribution in [0.1, 0.15) is 96.1 Å². The maximum absolute atomic E-state index is 5.56. The average molecular weight is 416 g/mol. The predicted octanol–water partition coefficient (Wildman–Crippen LogP) is 5.68. The molecular formula is C25H41N3S. The zero-order valence-corrected chi connectivity index (χ0v) is 19.3. The Morgan fingerprint density at radius 3 is 2.31 bits per heavy atom. The highest BCUT2D eigenvalue weighted by molar-refractivity contribution is 7.07. The molecule has 0 amide bonds. The number of nitrogens with zero attached hydrogens (tertiary/aromatic N) is 2. The molecule has 0 aromatic carbocycles. The minimum atomic E-state index is 0.297. The highest BCUT2D eigenvalue weighted by Gasteiger charge is 2.51. The topological polar surface area (TPSA) is 29.3 Å². The lowest BCUT2D eigenvalue weighted by molar-refractivity contribution is -0.000410. The first-order valence-corrected chi connectivity index (χ1v) is 13.6. The minimum Gasteiger partial charge on any atom is -0.321 e. The third-order valence-corrected chi connectivity index (χ3v) is 9.25. The van der Waals surface area contributed by atoms with Crippen molar-refractivity contribution in [3.63, 3.8) is 0 Å². The lowest BCUT2D eigenvalue weighted by Crippen LogP contribution is -2.50. The molecule has 5 aliphatic carbocycles. The number of thiazole rings is 1. The molecule has 0 spiro atoms. The van der Waals surface area contributed by atoms with Gasteiger partial charge in [-0.05, 0) is 75.5 Å². The number of nitrogens with one attached hydrogen (secondary N) is 1. The molecule has 6 rings (SSSR count). The van der Waals surface area contributed by atoms with Crippen molar-refractivity contribution in [3.05, 3.63) is 15.9 Å². The second-order valence-electron chi connectivity index (χ2n) is 10.8. The predicted molar refractivity (Wildman–Crippen MR) is 122 cm³/mol. The first-order valence-electron chi connectivity index (χ1n) is 12.7. The van der Waals surface area contributed by atoms with Crippen molar-refractivity contribution < 1.29 is 0 Å². The molecule has 0 atom stereocenters. The van der Waals surface area contributed by atoms with E-state index in [9.17, 15) is 0 Å². The van der Waals surface area contributed by atoms with Crippen molar-refractivity contribution in [2.45, 2.75) is 115 Å². The van der Waals surface area contributed by atoms with Crippen LogP contribution in [-0.2, 0) is 13.0 Å². The van der Waals surface area contributed by atoms with Gasteiger partial charge in [0.25, 0.3) is 0 Å². The van der Waals surface area contributed by atoms with Gasteiger partial charge < -0.3 is 9.88 Å². The van der Waals surface area contributed by atoms with Gasteiger partial charge in [-0.15, -0.1) is 11.3 Å². The van der Waals surface area contributed by atoms with Crippen molar-refractivity contribution in [1.82, 2.24) is 9.88 Å². The average Bonchev–Trinajstić information content (AvgIpc) is 2.88. The molecule has 0 unspecified atom stereocenters. The van der Waals surface area contributed by atoms with E-state index in [4.69, 9.17) is 4.99 Å². The standard InChI is InChI=1S/C25H41N3S/c1-2-11-28-23(9-10-26-22-7-5-3-4-6-8-22)18-29-24(28)27-25-15-19-12-20(16-25)14-21(13-19)17-25/h18-22,26H,2-17H2,1H3. The Labute approximate surface area is 181 Å². The van der Waals surface area contributed by atoms with E-state index in [0.717, 1.165) is 43.3 Å². The summed E-state index contributed by atoms with van der Waals surface area (Å²) in [5.74, 6) is 2.94. The Balaban J connectivity index is 1.29. The molecule has 1 N–H and O–H groups in total. The Morgan fingerprint density at radius 1 is 1.03 bits per heavy atom. The fourth-order valence-corrected chi connectivity index (χ4v) is 8.48. The fourth-order valence-electron chi connectivity index (χ4n) is 7.41. The first kappa shape index (κ1) is 20.3. The molecule has 29 heavy (non-hydrogen) atoms. The monoisotopic (exact) mass is 415 g/mol. The van der Waals surface area contributed by atoms with Crippen LogP contribution < -0.4 is 10.1 Å². The van der Waals surface area contributed by atoms with Crippen LogP contribution >= 0.6 is 11.3 Å². The third-order valence-electron chi connectivity index (χ3n) is 8.33. The molecule has 1 aromatic heterocycles. The summed E-state index contributed by atoms with van der Waals surface area (Å²) < 4.78 is 2.58. The number of rotatable bonds is 7. The van der Waals surface area contributed by atoms with Crippen molar-refractivity contribution in [3.8, 4) is 0 Å². The van der Waals surface area contributed by atoms with Crippen LogP contribution in [0, 0.1) is 17.8 Å². The molecule has 1 aromatic rings. The Kier molecular flexibility index (Phi) is 6.21. The summed E-state index contributed by atoms with van der Waals surface area (Å²) in [6.07, 6.45) is 19.5. The van der Waals surface area contributed by atoms with Crippen LogP contribution in [0.3, 0.4) is 0 Å². The summed E-state index contributed by atoms with van der Waals surface area (Å²) in [6.45, 7) is 4.57. The lowest BCUT2D eigenvalue weighted by Gasteiger charge is -2.54. The fraction of sp³-hybridized carbons (Fsp3) is 0.880. The van der Waals surface area contributed by atoms with Gasteiger partial charge in [-0.25, -0.2) is 0 Å². The SMILES string of the molecule is CCCn1c(CCNC2CCCCCC2)csc1=NC12CC3CC(CC(C3)C1)C2. The summed E-state index contributed by atoms with van der Waals surface area (Å²) in [5.41, 5.74) is 1.81. The molecule has 0 radical (unpaired) electrons. The molecule has 162 valence electrons. The molecule has 4 bridgehead atoms. The number of hydrogen-bond donors (Lipinski definition) is 1. The zero-order valence-electron chi connectivity index (χ0n) is 18.5. The van der Waals surface area contributed by atoms with Gasteiger partial charge in [0, 0.05) is 36.6 Å². The second-order valence-corrected chi connectivity index (χ2v) is 11.6. The van der Waals surface area contributed by atoms with Crippen molar-refractivity contribution in [2.75, 3.05) is 6.54 Å². The maximum atomic E-state index is 5.56. The van der Waals surface area contributed by atoms with Crippen molar-refractivity contribution >= 4 is 11.3 Å². The van der Waals surface area contributed by atoms with Gasteiger partial charge >= 0.3 is 0 Å². The van der Waals surface area contributed by atoms with E-state index in [1.54, 1.807) is 0 Å². The first-order chi connectivity index (χ1) is 14.2. The van der Waals surface area contributed by atoms with E-state index >= 15 is 0 Å². The molecule has 0 aliphatic heterocycles. The minimum absolute atomic E-state index is 0.297. The molecule has 5 saturated carbocycles. The van der Waals surface area contributed by atoms with E-state index in [-0.39, 0.29) is 0 Å². The van der Waals surface area contributed by atoms with Crippen LogP contribution in [-0.4, -0.2) is 22.7 Å². The summed E-state index contributed by atoms with van der Waals surface area (Å²) in [6, 6.07) is 0.756. The Morgan fingerprint density at radius 2 is 1.69 bits per heavy atom. The van der Waals surface area contributed by atoms with E-state index in [1.165, 1.54) is 94.0 Å². The molecule has 3 nitrogen and oxygen atoms in total. The summed E-state index contributed by atoms with van der Waals surface area (Å²) in [4.78, 5) is 6.89. The van der Waals surface area contributed by atoms with Gasteiger partial charge in [0.15, 0.2) is 4.80 Å². The largest absolute Gasteiger partial charge is 0.321 e. The van der Waals surface area contributed by atoms with E-state index in [0.29, 0.717) is 5.54 Å². The highest BCUT2D eigenvalue weighted by atomic mass is 32.1. The smallest absolute Gasteiger partial charge is 0.185 e. The molecule has 5 fully saturated rings. The van der Waals surface area contributed by atoms with Gasteiger partial charge in [0.05, 0.1) is 5.54 Å². The van der Waals surface area contributed by atoms with Crippen molar-refractivity contribution in [1.29, 1.82) is 0 Å². The third kappa shape index (κ3) is 4.54. The lowest BCUT2D eigenvalue weighted by atomic mass is 9.53. The quantitative estimate of drug-likeness (QED) is 0.570. The maximum Gasteiger partial charge on any atom is 0.185 e. The number of hydrogen-bond acceptors (Lipinski definition) is 3. The van der Waals surface area contributed by atoms with E-state index in [1.807, 2.05) is 11.3 Å². The highest BCUT2D eigenvalue weighted by Crippen LogP contribution is 2.57. The summed E-state index contributed by atoms with van der Waals surface area (Å²) in [5, 5.41) is 6.30. The molecular weight excluding hydrogens is 374 g/mol. The molecule has 0 saturated heterocycles. The summed E-state index contributed by atoms with van der Waals surface area (Å²) in [7, 11) is 0. The van der Waals surface area contributed by atoms with E-state index < -0.39 is 0 Å². The number of aromatic nitrogens is 1. The zero-order chi connectivity index (χ0) is 19.7. The second kappa shape index (κ2) is 8.86. The Hall–Kier alpha value is -0.610. The molecule has 1 heterocycles. The van der Waals surface area contributed by atoms with Crippen LogP contribution in [0.5, 0.6) is 0 Å². The van der Waals surface area contributed by atoms with E-state index in [2.05, 4.69) is 22.2 Å². The van der Waals surface area contributed by atoms with Crippen LogP contribution in [0.2, 0.25) is 0 Å². The van der Waals surface area contributed by atoms with Gasteiger partial charge in [0.1, 0.15) is 0 Å².